The van der Waals surface area contributed by atoms with Gasteiger partial charge in [0, 0.05) is 25.8 Å². The van der Waals surface area contributed by atoms with Gasteiger partial charge in [-0.3, -0.25) is 9.59 Å². The Bertz CT molecular complexity index is 556. The van der Waals surface area contributed by atoms with E-state index in [0.717, 1.165) is 12.1 Å². The van der Waals surface area contributed by atoms with Crippen molar-refractivity contribution in [2.24, 2.45) is 5.92 Å². The quantitative estimate of drug-likeness (QED) is 0.796. The summed E-state index contributed by atoms with van der Waals surface area (Å²) in [5, 5.41) is 2.93. The van der Waals surface area contributed by atoms with E-state index in [2.05, 4.69) is 24.4 Å². The van der Waals surface area contributed by atoms with E-state index < -0.39 is 0 Å². The number of nitrogens with one attached hydrogen (secondary N) is 1. The average molecular weight is 332 g/mol. The maximum absolute atomic E-state index is 12.4. The van der Waals surface area contributed by atoms with Crippen molar-refractivity contribution in [1.29, 1.82) is 0 Å². The Morgan fingerprint density at radius 3 is 2.71 bits per heavy atom. The predicted molar refractivity (Wildman–Crippen MR) is 94.8 cm³/mol. The number of anilines is 1. The van der Waals surface area contributed by atoms with Crippen molar-refractivity contribution >= 4 is 17.5 Å². The number of nitrogens with zero attached hydrogens (tertiary/aromatic N) is 1. The molecule has 5 nitrogen and oxygen atoms in total. The Kier molecular flexibility index (Phi) is 6.79. The minimum atomic E-state index is -0.295. The Labute approximate surface area is 144 Å². The van der Waals surface area contributed by atoms with Crippen LogP contribution in [0.1, 0.15) is 38.7 Å². The van der Waals surface area contributed by atoms with Crippen molar-refractivity contribution in [2.75, 3.05) is 25.6 Å². The molecule has 0 spiro atoms. The molecule has 2 atom stereocenters. The number of carbonyl (C=O) groups excluding carboxylic acids is 2. The zero-order chi connectivity index (χ0) is 17.5. The van der Waals surface area contributed by atoms with Crippen LogP contribution in [0, 0.1) is 5.92 Å². The summed E-state index contributed by atoms with van der Waals surface area (Å²) in [5.74, 6) is -0.358. The van der Waals surface area contributed by atoms with Crippen molar-refractivity contribution in [2.45, 2.75) is 45.6 Å². The van der Waals surface area contributed by atoms with Gasteiger partial charge in [-0.05, 0) is 37.5 Å². The molecule has 1 fully saturated rings. The molecule has 1 aromatic rings. The standard InChI is InChI=1S/C19H28N2O3/c1-4-5-6-15-7-9-17(10-8-15)20-19(23)16-11-18(22)21(12-16)14(2)13-24-3/h7-10,14,16H,4-6,11-13H2,1-3H3,(H,20,23)/t14-,16-/m0/s1. The maximum atomic E-state index is 12.4. The minimum Gasteiger partial charge on any atom is -0.383 e. The Balaban J connectivity index is 1.89. The highest BCUT2D eigenvalue weighted by atomic mass is 16.5. The minimum absolute atomic E-state index is 0.00171. The molecule has 0 bridgehead atoms. The third-order valence-corrected chi connectivity index (χ3v) is 4.51. The van der Waals surface area contributed by atoms with E-state index in [0.29, 0.717) is 13.2 Å². The Hall–Kier alpha value is -1.88. The molecule has 0 unspecified atom stereocenters. The molecule has 2 rings (SSSR count). The highest BCUT2D eigenvalue weighted by molar-refractivity contribution is 5.97. The van der Waals surface area contributed by atoms with Gasteiger partial charge in [0.15, 0.2) is 0 Å². The molecule has 1 aliphatic heterocycles. The first-order valence-corrected chi connectivity index (χ1v) is 8.73. The van der Waals surface area contributed by atoms with E-state index in [-0.39, 0.29) is 30.2 Å². The van der Waals surface area contributed by atoms with E-state index >= 15 is 0 Å². The second-order valence-corrected chi connectivity index (χ2v) is 6.54. The number of unbranched alkanes of at least 4 members (excludes halogenated alkanes) is 1. The highest BCUT2D eigenvalue weighted by Crippen LogP contribution is 2.22. The van der Waals surface area contributed by atoms with Gasteiger partial charge in [-0.15, -0.1) is 0 Å². The van der Waals surface area contributed by atoms with Gasteiger partial charge in [-0.25, -0.2) is 0 Å². The van der Waals surface area contributed by atoms with Crippen molar-refractivity contribution in [3.05, 3.63) is 29.8 Å². The van der Waals surface area contributed by atoms with Crippen LogP contribution >= 0.6 is 0 Å². The third kappa shape index (κ3) is 4.81. The second kappa shape index (κ2) is 8.83. The molecular formula is C19H28N2O3. The number of methoxy groups -OCH3 is 1. The number of hydrogen-bond acceptors (Lipinski definition) is 3. The summed E-state index contributed by atoms with van der Waals surface area (Å²) in [6.07, 6.45) is 3.68. The molecule has 1 aromatic carbocycles. The van der Waals surface area contributed by atoms with E-state index in [9.17, 15) is 9.59 Å². The first-order chi connectivity index (χ1) is 11.5. The normalized spacial score (nSPS) is 18.7. The van der Waals surface area contributed by atoms with Crippen LogP contribution in [0.5, 0.6) is 0 Å². The number of rotatable bonds is 8. The van der Waals surface area contributed by atoms with E-state index in [4.69, 9.17) is 4.74 Å². The summed E-state index contributed by atoms with van der Waals surface area (Å²) >= 11 is 0. The molecule has 24 heavy (non-hydrogen) atoms. The average Bonchev–Trinajstić information content (AvgIpc) is 2.96. The fourth-order valence-corrected chi connectivity index (χ4v) is 3.04. The number of benzene rings is 1. The molecule has 1 saturated heterocycles. The summed E-state index contributed by atoms with van der Waals surface area (Å²) in [5.41, 5.74) is 2.07. The zero-order valence-electron chi connectivity index (χ0n) is 14.9. The monoisotopic (exact) mass is 332 g/mol. The van der Waals surface area contributed by atoms with Crippen LogP contribution in [-0.4, -0.2) is 43.0 Å². The summed E-state index contributed by atoms with van der Waals surface area (Å²) in [6, 6.07) is 7.98. The molecular weight excluding hydrogens is 304 g/mol. The SMILES string of the molecule is CCCCc1ccc(NC(=O)[C@H]2CC(=O)N([C@@H](C)COC)C2)cc1. The summed E-state index contributed by atoms with van der Waals surface area (Å²) in [6.45, 7) is 5.06. The molecule has 0 radical (unpaired) electrons. The molecule has 0 aliphatic carbocycles. The van der Waals surface area contributed by atoms with Crippen molar-refractivity contribution in [1.82, 2.24) is 4.90 Å². The van der Waals surface area contributed by atoms with E-state index in [1.54, 1.807) is 12.0 Å². The molecule has 0 aromatic heterocycles. The number of carbonyl (C=O) groups is 2. The zero-order valence-corrected chi connectivity index (χ0v) is 14.9. The number of hydrogen-bond donors (Lipinski definition) is 1. The molecule has 1 N–H and O–H groups in total. The summed E-state index contributed by atoms with van der Waals surface area (Å²) < 4.78 is 5.10. The van der Waals surface area contributed by atoms with Crippen molar-refractivity contribution in [3.8, 4) is 0 Å². The first kappa shape index (κ1) is 18.5. The number of likely N-dealkylation sites (tertiary alicyclic amines) is 1. The second-order valence-electron chi connectivity index (χ2n) is 6.54. The fraction of sp³-hybridized carbons (Fsp3) is 0.579. The number of amides is 2. The van der Waals surface area contributed by atoms with Crippen LogP contribution in [0.3, 0.4) is 0 Å². The van der Waals surface area contributed by atoms with Crippen LogP contribution in [-0.2, 0) is 20.7 Å². The van der Waals surface area contributed by atoms with Crippen LogP contribution in [0.15, 0.2) is 24.3 Å². The molecule has 1 aliphatic rings. The number of aryl methyl sites for hydroxylation is 1. The maximum Gasteiger partial charge on any atom is 0.229 e. The predicted octanol–water partition coefficient (Wildman–Crippen LogP) is 2.85. The van der Waals surface area contributed by atoms with E-state index in [1.165, 1.54) is 18.4 Å². The van der Waals surface area contributed by atoms with Crippen molar-refractivity contribution < 1.29 is 14.3 Å². The van der Waals surface area contributed by atoms with Gasteiger partial charge >= 0.3 is 0 Å². The first-order valence-electron chi connectivity index (χ1n) is 8.73. The Morgan fingerprint density at radius 1 is 1.38 bits per heavy atom. The van der Waals surface area contributed by atoms with Gasteiger partial charge in [0.2, 0.25) is 11.8 Å². The lowest BCUT2D eigenvalue weighted by atomic mass is 10.1. The number of ether oxygens (including phenoxy) is 1. The van der Waals surface area contributed by atoms with Crippen molar-refractivity contribution in [3.63, 3.8) is 0 Å². The lowest BCUT2D eigenvalue weighted by Gasteiger charge is -2.23. The molecule has 2 amide bonds. The Morgan fingerprint density at radius 2 is 2.08 bits per heavy atom. The van der Waals surface area contributed by atoms with Crippen LogP contribution in [0.2, 0.25) is 0 Å². The molecule has 132 valence electrons. The van der Waals surface area contributed by atoms with Gasteiger partial charge in [0.05, 0.1) is 18.6 Å². The summed E-state index contributed by atoms with van der Waals surface area (Å²) in [7, 11) is 1.62. The van der Waals surface area contributed by atoms with Gasteiger partial charge in [-0.1, -0.05) is 25.5 Å². The smallest absolute Gasteiger partial charge is 0.229 e. The lowest BCUT2D eigenvalue weighted by Crippen LogP contribution is -2.38. The third-order valence-electron chi connectivity index (χ3n) is 4.51. The topological polar surface area (TPSA) is 58.6 Å². The lowest BCUT2D eigenvalue weighted by molar-refractivity contribution is -0.130. The van der Waals surface area contributed by atoms with Crippen LogP contribution in [0.25, 0.3) is 0 Å². The molecule has 0 saturated carbocycles. The molecule has 1 heterocycles. The summed E-state index contributed by atoms with van der Waals surface area (Å²) in [4.78, 5) is 26.3. The fourth-order valence-electron chi connectivity index (χ4n) is 3.04. The molecule has 5 heteroatoms. The van der Waals surface area contributed by atoms with Crippen LogP contribution < -0.4 is 5.32 Å². The van der Waals surface area contributed by atoms with Gasteiger partial charge in [0.25, 0.3) is 0 Å². The van der Waals surface area contributed by atoms with Crippen LogP contribution in [0.4, 0.5) is 5.69 Å². The van der Waals surface area contributed by atoms with Gasteiger partial charge < -0.3 is 15.0 Å². The van der Waals surface area contributed by atoms with E-state index in [1.807, 2.05) is 19.1 Å². The highest BCUT2D eigenvalue weighted by Gasteiger charge is 2.36. The van der Waals surface area contributed by atoms with Gasteiger partial charge in [0.1, 0.15) is 0 Å². The largest absolute Gasteiger partial charge is 0.383 e. The van der Waals surface area contributed by atoms with Gasteiger partial charge in [-0.2, -0.15) is 0 Å².